The molecule has 1 unspecified atom stereocenters. The van der Waals surface area contributed by atoms with E-state index in [4.69, 9.17) is 4.98 Å². The summed E-state index contributed by atoms with van der Waals surface area (Å²) in [6, 6.07) is 21.6. The largest absolute Gasteiger partial charge is 0.307 e. The van der Waals surface area contributed by atoms with E-state index in [1.165, 1.54) is 28.8 Å². The van der Waals surface area contributed by atoms with Gasteiger partial charge in [-0.15, -0.1) is 0 Å². The third-order valence-electron chi connectivity index (χ3n) is 6.30. The van der Waals surface area contributed by atoms with Crippen molar-refractivity contribution in [1.29, 1.82) is 0 Å². The summed E-state index contributed by atoms with van der Waals surface area (Å²) in [6.07, 6.45) is 9.10. The second kappa shape index (κ2) is 10.5. The van der Waals surface area contributed by atoms with Crippen LogP contribution in [-0.2, 0) is 32.6 Å². The monoisotopic (exact) mass is 438 g/mol. The third-order valence-corrected chi connectivity index (χ3v) is 6.30. The Hall–Kier alpha value is -3.35. The predicted molar refractivity (Wildman–Crippen MR) is 129 cm³/mol. The summed E-state index contributed by atoms with van der Waals surface area (Å²) in [5, 5.41) is 10.9. The number of benzene rings is 1. The van der Waals surface area contributed by atoms with E-state index in [0.29, 0.717) is 6.04 Å². The molecule has 5 rings (SSSR count). The van der Waals surface area contributed by atoms with E-state index in [-0.39, 0.29) is 0 Å². The highest BCUT2D eigenvalue weighted by atomic mass is 15.2. The molecule has 0 aliphatic heterocycles. The molecule has 6 heteroatoms. The van der Waals surface area contributed by atoms with Crippen LogP contribution in [0.5, 0.6) is 0 Å². The Morgan fingerprint density at radius 1 is 0.848 bits per heavy atom. The number of hydrogen-bond donors (Lipinski definition) is 2. The van der Waals surface area contributed by atoms with Gasteiger partial charge in [-0.2, -0.15) is 5.10 Å². The van der Waals surface area contributed by atoms with E-state index >= 15 is 0 Å². The number of nitrogens with one attached hydrogen (secondary N) is 2. The Morgan fingerprint density at radius 3 is 2.55 bits per heavy atom. The van der Waals surface area contributed by atoms with Crippen molar-refractivity contribution in [3.05, 3.63) is 113 Å². The van der Waals surface area contributed by atoms with Gasteiger partial charge in [0, 0.05) is 44.8 Å². The van der Waals surface area contributed by atoms with E-state index in [2.05, 4.69) is 67.9 Å². The van der Waals surface area contributed by atoms with Crippen molar-refractivity contribution in [3.8, 4) is 0 Å². The number of H-pyrrole nitrogens is 1. The van der Waals surface area contributed by atoms with E-state index in [0.717, 1.165) is 50.4 Å². The van der Waals surface area contributed by atoms with Crippen molar-refractivity contribution in [1.82, 2.24) is 30.4 Å². The minimum absolute atomic E-state index is 0.311. The molecule has 4 aromatic rings. The molecule has 0 amide bonds. The van der Waals surface area contributed by atoms with Gasteiger partial charge in [0.05, 0.1) is 23.1 Å². The highest BCUT2D eigenvalue weighted by Crippen LogP contribution is 2.34. The van der Waals surface area contributed by atoms with Gasteiger partial charge in [-0.3, -0.25) is 20.0 Å². The Labute approximate surface area is 195 Å². The number of aromatic amines is 1. The summed E-state index contributed by atoms with van der Waals surface area (Å²) >= 11 is 0. The molecule has 1 atom stereocenters. The predicted octanol–water partition coefficient (Wildman–Crippen LogP) is 4.57. The molecule has 0 fully saturated rings. The molecule has 168 valence electrons. The van der Waals surface area contributed by atoms with Crippen molar-refractivity contribution in [2.45, 2.75) is 51.5 Å². The van der Waals surface area contributed by atoms with Gasteiger partial charge in [0.15, 0.2) is 0 Å². The molecular weight excluding hydrogens is 408 g/mol. The molecule has 3 heterocycles. The highest BCUT2D eigenvalue weighted by molar-refractivity contribution is 5.27. The fourth-order valence-electron chi connectivity index (χ4n) is 4.64. The smallest absolute Gasteiger partial charge is 0.0762 e. The highest BCUT2D eigenvalue weighted by Gasteiger charge is 2.27. The summed E-state index contributed by atoms with van der Waals surface area (Å²) in [5.74, 6) is 0. The molecule has 0 bridgehead atoms. The lowest BCUT2D eigenvalue weighted by Crippen LogP contribution is -2.31. The van der Waals surface area contributed by atoms with Crippen LogP contribution in [0.2, 0.25) is 0 Å². The summed E-state index contributed by atoms with van der Waals surface area (Å²) in [6.45, 7) is 3.27. The molecule has 33 heavy (non-hydrogen) atoms. The van der Waals surface area contributed by atoms with Gasteiger partial charge in [0.2, 0.25) is 0 Å². The number of pyridine rings is 2. The van der Waals surface area contributed by atoms with Gasteiger partial charge in [0.25, 0.3) is 0 Å². The molecule has 2 N–H and O–H groups in total. The number of aryl methyl sites for hydroxylation is 1. The molecule has 1 aliphatic rings. The summed E-state index contributed by atoms with van der Waals surface area (Å²) in [5.41, 5.74) is 7.32. The Kier molecular flexibility index (Phi) is 6.85. The first-order valence-corrected chi connectivity index (χ1v) is 11.7. The van der Waals surface area contributed by atoms with Crippen LogP contribution in [0.15, 0.2) is 79.3 Å². The van der Waals surface area contributed by atoms with Crippen molar-refractivity contribution in [2.24, 2.45) is 0 Å². The van der Waals surface area contributed by atoms with Gasteiger partial charge in [-0.25, -0.2) is 0 Å². The first-order chi connectivity index (χ1) is 16.3. The van der Waals surface area contributed by atoms with E-state index in [1.807, 2.05) is 36.8 Å². The van der Waals surface area contributed by atoms with Crippen LogP contribution in [0.1, 0.15) is 52.7 Å². The van der Waals surface area contributed by atoms with Gasteiger partial charge >= 0.3 is 0 Å². The van der Waals surface area contributed by atoms with Crippen molar-refractivity contribution in [3.63, 3.8) is 0 Å². The lowest BCUT2D eigenvalue weighted by molar-refractivity contribution is 0.155. The van der Waals surface area contributed by atoms with Crippen LogP contribution in [0.25, 0.3) is 0 Å². The summed E-state index contributed by atoms with van der Waals surface area (Å²) < 4.78 is 0. The first kappa shape index (κ1) is 21.5. The maximum Gasteiger partial charge on any atom is 0.0762 e. The van der Waals surface area contributed by atoms with Crippen LogP contribution in [0.3, 0.4) is 0 Å². The molecule has 3 aromatic heterocycles. The van der Waals surface area contributed by atoms with Crippen LogP contribution in [0, 0.1) is 0 Å². The Morgan fingerprint density at radius 2 is 1.73 bits per heavy atom. The Balaban J connectivity index is 1.27. The molecule has 0 saturated heterocycles. The average molecular weight is 439 g/mol. The van der Waals surface area contributed by atoms with Gasteiger partial charge in [0.1, 0.15) is 0 Å². The van der Waals surface area contributed by atoms with Crippen molar-refractivity contribution >= 4 is 0 Å². The molecule has 6 nitrogen and oxygen atoms in total. The second-order valence-electron chi connectivity index (χ2n) is 8.67. The molecule has 1 aliphatic carbocycles. The molecule has 0 spiro atoms. The maximum atomic E-state index is 4.78. The van der Waals surface area contributed by atoms with Gasteiger partial charge in [-0.05, 0) is 60.2 Å². The normalized spacial score (nSPS) is 15.5. The average Bonchev–Trinajstić information content (AvgIpc) is 3.38. The van der Waals surface area contributed by atoms with Crippen LogP contribution in [-0.4, -0.2) is 25.1 Å². The third kappa shape index (κ3) is 5.53. The molecular formula is C27H30N6. The van der Waals surface area contributed by atoms with Gasteiger partial charge in [-0.1, -0.05) is 36.4 Å². The zero-order valence-corrected chi connectivity index (χ0v) is 18.8. The number of rotatable bonds is 9. The number of fused-ring (bicyclic) bond motifs is 1. The molecule has 0 saturated carbocycles. The van der Waals surface area contributed by atoms with E-state index in [1.54, 1.807) is 0 Å². The lowest BCUT2D eigenvalue weighted by atomic mass is 9.90. The van der Waals surface area contributed by atoms with E-state index < -0.39 is 0 Å². The number of nitrogens with zero attached hydrogens (tertiary/aromatic N) is 4. The van der Waals surface area contributed by atoms with Gasteiger partial charge < -0.3 is 5.32 Å². The van der Waals surface area contributed by atoms with Crippen LogP contribution in [0.4, 0.5) is 0 Å². The molecule has 1 aromatic carbocycles. The van der Waals surface area contributed by atoms with Crippen LogP contribution < -0.4 is 5.32 Å². The number of aromatic nitrogens is 4. The minimum Gasteiger partial charge on any atom is -0.307 e. The van der Waals surface area contributed by atoms with E-state index in [9.17, 15) is 0 Å². The Bertz CT molecular complexity index is 1130. The minimum atomic E-state index is 0.311. The number of hydrogen-bond acceptors (Lipinski definition) is 5. The fourth-order valence-corrected chi connectivity index (χ4v) is 4.64. The SMILES string of the molecule is c1ccc(CNCc2ccc(CN(Cc3cc[nH]n3)C3CCCc4cccnc43)cc2)nc1. The standard InChI is InChI=1S/C27H30N6/c1-2-14-29-24(7-1)18-28-17-21-9-11-22(12-10-21)19-33(20-25-13-16-31-32-25)26-8-3-5-23-6-4-15-30-27(23)26/h1-2,4,6-7,9-16,26,28H,3,5,8,17-20H2,(H,31,32). The van der Waals surface area contributed by atoms with Crippen molar-refractivity contribution in [2.75, 3.05) is 0 Å². The summed E-state index contributed by atoms with van der Waals surface area (Å²) in [7, 11) is 0. The second-order valence-corrected chi connectivity index (χ2v) is 8.67. The molecule has 0 radical (unpaired) electrons. The van der Waals surface area contributed by atoms with Crippen LogP contribution >= 0.6 is 0 Å². The zero-order valence-electron chi connectivity index (χ0n) is 18.8. The zero-order chi connectivity index (χ0) is 22.3. The topological polar surface area (TPSA) is 69.7 Å². The first-order valence-electron chi connectivity index (χ1n) is 11.7. The van der Waals surface area contributed by atoms with Crippen molar-refractivity contribution < 1.29 is 0 Å². The maximum absolute atomic E-state index is 4.78. The quantitative estimate of drug-likeness (QED) is 0.401. The summed E-state index contributed by atoms with van der Waals surface area (Å²) in [4.78, 5) is 11.7. The fraction of sp³-hybridized carbons (Fsp3) is 0.296. The lowest BCUT2D eigenvalue weighted by Gasteiger charge is -2.34.